The Labute approximate surface area is 212 Å². The van der Waals surface area contributed by atoms with Crippen LogP contribution in [0.2, 0.25) is 0 Å². The number of nitrogens with zero attached hydrogens (tertiary/aromatic N) is 2. The molecule has 7 nitrogen and oxygen atoms in total. The Morgan fingerprint density at radius 2 is 1.72 bits per heavy atom. The minimum absolute atomic E-state index is 0.0128. The van der Waals surface area contributed by atoms with E-state index in [9.17, 15) is 14.7 Å². The van der Waals surface area contributed by atoms with E-state index in [1.165, 1.54) is 16.2 Å². The number of hydrogen-bond donors (Lipinski definition) is 1. The minimum Gasteiger partial charge on any atom is -0.507 e. The normalized spacial score (nSPS) is 17.1. The van der Waals surface area contributed by atoms with Crippen molar-refractivity contribution in [2.24, 2.45) is 0 Å². The first-order chi connectivity index (χ1) is 17.3. The van der Waals surface area contributed by atoms with E-state index in [2.05, 4.69) is 4.98 Å². The van der Waals surface area contributed by atoms with Gasteiger partial charge in [-0.05, 0) is 61.4 Å². The molecule has 2 heterocycles. The van der Waals surface area contributed by atoms with Crippen molar-refractivity contribution >= 4 is 44.1 Å². The maximum absolute atomic E-state index is 13.5. The number of aromatic nitrogens is 1. The Balaban J connectivity index is 1.75. The molecular weight excluding hydrogens is 476 g/mol. The topological polar surface area (TPSA) is 89.0 Å². The van der Waals surface area contributed by atoms with Crippen molar-refractivity contribution in [2.75, 3.05) is 19.1 Å². The van der Waals surface area contributed by atoms with Crippen molar-refractivity contribution in [3.63, 3.8) is 0 Å². The number of thiazole rings is 1. The lowest BCUT2D eigenvalue weighted by Gasteiger charge is -2.23. The fourth-order valence-electron chi connectivity index (χ4n) is 4.42. The SMILES string of the molecule is COc1cccc(C2/C(=C(\O)c3cc(C)ccc3C)C(=O)C(=O)N2c2nc3ccc(OC)cc3s2)c1. The zero-order valence-electron chi connectivity index (χ0n) is 20.2. The number of carbonyl (C=O) groups excluding carboxylic acids is 2. The van der Waals surface area contributed by atoms with Crippen LogP contribution in [0.3, 0.4) is 0 Å². The Bertz CT molecular complexity index is 1550. The van der Waals surface area contributed by atoms with Gasteiger partial charge in [0.05, 0.1) is 36.1 Å². The molecule has 0 radical (unpaired) electrons. The summed E-state index contributed by atoms with van der Waals surface area (Å²) in [6, 6.07) is 17.3. The number of anilines is 1. The van der Waals surface area contributed by atoms with E-state index in [4.69, 9.17) is 9.47 Å². The fourth-order valence-corrected chi connectivity index (χ4v) is 5.44. The summed E-state index contributed by atoms with van der Waals surface area (Å²) in [5.41, 5.74) is 3.54. The average Bonchev–Trinajstić information content (AvgIpc) is 3.42. The number of aliphatic hydroxyl groups is 1. The maximum Gasteiger partial charge on any atom is 0.301 e. The number of ether oxygens (including phenoxy) is 2. The van der Waals surface area contributed by atoms with E-state index >= 15 is 0 Å². The number of amides is 1. The number of Topliss-reactive ketones (excluding diaryl/α,β-unsaturated/α-hetero) is 1. The second-order valence-electron chi connectivity index (χ2n) is 8.59. The number of ketones is 1. The fraction of sp³-hybridized carbons (Fsp3) is 0.179. The highest BCUT2D eigenvalue weighted by Crippen LogP contribution is 2.45. The molecule has 1 aliphatic heterocycles. The van der Waals surface area contributed by atoms with E-state index in [1.54, 1.807) is 50.6 Å². The molecule has 4 aromatic rings. The van der Waals surface area contributed by atoms with Crippen LogP contribution in [-0.2, 0) is 9.59 Å². The molecule has 0 bridgehead atoms. The largest absolute Gasteiger partial charge is 0.507 e. The van der Waals surface area contributed by atoms with Crippen molar-refractivity contribution in [3.05, 3.63) is 88.5 Å². The molecule has 1 atom stereocenters. The lowest BCUT2D eigenvalue weighted by molar-refractivity contribution is -0.132. The van der Waals surface area contributed by atoms with Crippen LogP contribution in [0.4, 0.5) is 5.13 Å². The second kappa shape index (κ2) is 9.13. The maximum atomic E-state index is 13.5. The Hall–Kier alpha value is -4.17. The van der Waals surface area contributed by atoms with Gasteiger partial charge in [-0.1, -0.05) is 41.2 Å². The van der Waals surface area contributed by atoms with Gasteiger partial charge in [-0.2, -0.15) is 0 Å². The van der Waals surface area contributed by atoms with Crippen molar-refractivity contribution in [2.45, 2.75) is 19.9 Å². The first-order valence-corrected chi connectivity index (χ1v) is 12.1. The van der Waals surface area contributed by atoms with Crippen LogP contribution >= 0.6 is 11.3 Å². The number of aryl methyl sites for hydroxylation is 2. The second-order valence-corrected chi connectivity index (χ2v) is 9.60. The highest BCUT2D eigenvalue weighted by molar-refractivity contribution is 7.22. The van der Waals surface area contributed by atoms with Gasteiger partial charge in [0.15, 0.2) is 5.13 Å². The molecule has 1 unspecified atom stereocenters. The molecule has 1 saturated heterocycles. The van der Waals surface area contributed by atoms with Crippen molar-refractivity contribution in [1.29, 1.82) is 0 Å². The van der Waals surface area contributed by atoms with Crippen LogP contribution < -0.4 is 14.4 Å². The highest BCUT2D eigenvalue weighted by atomic mass is 32.1. The van der Waals surface area contributed by atoms with Gasteiger partial charge < -0.3 is 14.6 Å². The van der Waals surface area contributed by atoms with Gasteiger partial charge in [-0.25, -0.2) is 4.98 Å². The number of fused-ring (bicyclic) bond motifs is 1. The number of rotatable bonds is 5. The molecule has 1 amide bonds. The van der Waals surface area contributed by atoms with Gasteiger partial charge in [0.25, 0.3) is 5.78 Å². The highest BCUT2D eigenvalue weighted by Gasteiger charge is 2.48. The van der Waals surface area contributed by atoms with Crippen molar-refractivity contribution in [3.8, 4) is 11.5 Å². The zero-order chi connectivity index (χ0) is 25.6. The van der Waals surface area contributed by atoms with E-state index in [1.807, 2.05) is 38.1 Å². The molecule has 3 aromatic carbocycles. The summed E-state index contributed by atoms with van der Waals surface area (Å²) < 4.78 is 11.5. The summed E-state index contributed by atoms with van der Waals surface area (Å²) in [5.74, 6) is -0.496. The molecule has 182 valence electrons. The first kappa shape index (κ1) is 23.6. The monoisotopic (exact) mass is 500 g/mol. The number of methoxy groups -OCH3 is 2. The van der Waals surface area contributed by atoms with Crippen LogP contribution in [0, 0.1) is 13.8 Å². The molecule has 0 spiro atoms. The molecule has 0 saturated carbocycles. The summed E-state index contributed by atoms with van der Waals surface area (Å²) in [7, 11) is 3.13. The van der Waals surface area contributed by atoms with Gasteiger partial charge >= 0.3 is 5.91 Å². The van der Waals surface area contributed by atoms with E-state index in [0.717, 1.165) is 15.8 Å². The lowest BCUT2D eigenvalue weighted by Crippen LogP contribution is -2.29. The molecule has 36 heavy (non-hydrogen) atoms. The minimum atomic E-state index is -0.887. The molecular formula is C28H24N2O5S. The summed E-state index contributed by atoms with van der Waals surface area (Å²) >= 11 is 1.28. The summed E-state index contributed by atoms with van der Waals surface area (Å²) in [6.45, 7) is 3.76. The van der Waals surface area contributed by atoms with Crippen LogP contribution in [-0.4, -0.2) is 36.0 Å². The van der Waals surface area contributed by atoms with Gasteiger partial charge in [0, 0.05) is 5.56 Å². The number of hydrogen-bond acceptors (Lipinski definition) is 7. The van der Waals surface area contributed by atoms with Crippen molar-refractivity contribution in [1.82, 2.24) is 4.98 Å². The molecule has 1 aromatic heterocycles. The molecule has 1 fully saturated rings. The van der Waals surface area contributed by atoms with Crippen molar-refractivity contribution < 1.29 is 24.2 Å². The summed E-state index contributed by atoms with van der Waals surface area (Å²) in [4.78, 5) is 33.0. The third kappa shape index (κ3) is 3.89. The summed E-state index contributed by atoms with van der Waals surface area (Å²) in [6.07, 6.45) is 0. The van der Waals surface area contributed by atoms with E-state index in [-0.39, 0.29) is 11.3 Å². The predicted octanol–water partition coefficient (Wildman–Crippen LogP) is 5.56. The van der Waals surface area contributed by atoms with Gasteiger partial charge in [0.2, 0.25) is 0 Å². The number of benzene rings is 3. The van der Waals surface area contributed by atoms with E-state index < -0.39 is 17.7 Å². The standard InChI is InChI=1S/C28H24N2O5S/c1-15-8-9-16(2)20(12-15)25(31)23-24(17-6-5-7-18(13-17)34-3)30(27(33)26(23)32)28-29-21-11-10-19(35-4)14-22(21)36-28/h5-14,24,31H,1-4H3/b25-23+. The van der Waals surface area contributed by atoms with Gasteiger partial charge in [0.1, 0.15) is 17.3 Å². The van der Waals surface area contributed by atoms with Crippen LogP contribution in [0.5, 0.6) is 11.5 Å². The quantitative estimate of drug-likeness (QED) is 0.219. The van der Waals surface area contributed by atoms with Crippen LogP contribution in [0.25, 0.3) is 16.0 Å². The molecule has 5 rings (SSSR count). The Morgan fingerprint density at radius 3 is 2.47 bits per heavy atom. The first-order valence-electron chi connectivity index (χ1n) is 11.3. The lowest BCUT2D eigenvalue weighted by atomic mass is 9.93. The zero-order valence-corrected chi connectivity index (χ0v) is 21.1. The number of carbonyl (C=O) groups is 2. The smallest absolute Gasteiger partial charge is 0.301 e. The Kier molecular flexibility index (Phi) is 5.97. The molecule has 1 aliphatic rings. The van der Waals surface area contributed by atoms with Crippen LogP contribution in [0.15, 0.2) is 66.2 Å². The van der Waals surface area contributed by atoms with Gasteiger partial charge in [-0.15, -0.1) is 0 Å². The average molecular weight is 501 g/mol. The number of aliphatic hydroxyl groups excluding tert-OH is 1. The third-order valence-electron chi connectivity index (χ3n) is 6.29. The van der Waals surface area contributed by atoms with Crippen LogP contribution in [0.1, 0.15) is 28.3 Å². The third-order valence-corrected chi connectivity index (χ3v) is 7.31. The predicted molar refractivity (Wildman–Crippen MR) is 140 cm³/mol. The Morgan fingerprint density at radius 1 is 0.972 bits per heavy atom. The molecule has 0 aliphatic carbocycles. The summed E-state index contributed by atoms with van der Waals surface area (Å²) in [5, 5.41) is 11.8. The van der Waals surface area contributed by atoms with E-state index in [0.29, 0.717) is 33.3 Å². The molecule has 8 heteroatoms. The molecule has 1 N–H and O–H groups in total. The van der Waals surface area contributed by atoms with Gasteiger partial charge in [-0.3, -0.25) is 14.5 Å².